The zero-order chi connectivity index (χ0) is 21.3. The third-order valence-corrected chi connectivity index (χ3v) is 6.60. The molecule has 0 aromatic heterocycles. The number of allylic oxidation sites excluding steroid dienone is 1. The van der Waals surface area contributed by atoms with Crippen molar-refractivity contribution in [1.29, 1.82) is 0 Å². The zero-order valence-corrected chi connectivity index (χ0v) is 19.0. The van der Waals surface area contributed by atoms with Crippen LogP contribution < -0.4 is 5.32 Å². The van der Waals surface area contributed by atoms with Gasteiger partial charge in [-0.3, -0.25) is 0 Å². The minimum absolute atomic E-state index is 0.860. The highest BCUT2D eigenvalue weighted by Gasteiger charge is 2.16. The van der Waals surface area contributed by atoms with E-state index in [4.69, 9.17) is 0 Å². The first-order valence-electron chi connectivity index (χ1n) is 11.2. The summed E-state index contributed by atoms with van der Waals surface area (Å²) in [6.07, 6.45) is 5.53. The van der Waals surface area contributed by atoms with Crippen LogP contribution in [0.2, 0.25) is 0 Å². The molecule has 154 valence electrons. The lowest BCUT2D eigenvalue weighted by Gasteiger charge is -2.15. The van der Waals surface area contributed by atoms with Crippen molar-refractivity contribution in [3.8, 4) is 0 Å². The third-order valence-electron chi connectivity index (χ3n) is 6.60. The van der Waals surface area contributed by atoms with E-state index in [1.165, 1.54) is 61.3 Å². The predicted molar refractivity (Wildman–Crippen MR) is 131 cm³/mol. The topological polar surface area (TPSA) is 12.0 Å². The SMILES string of the molecule is CCc1ccc(CNc2cc(C3=Cc4cc(C)c(C)cc4C3)ccc2CC)cc1C. The Balaban J connectivity index is 1.57. The van der Waals surface area contributed by atoms with Gasteiger partial charge in [0.25, 0.3) is 0 Å². The molecule has 0 saturated heterocycles. The van der Waals surface area contributed by atoms with E-state index in [-0.39, 0.29) is 0 Å². The van der Waals surface area contributed by atoms with E-state index in [2.05, 4.69) is 94.5 Å². The zero-order valence-electron chi connectivity index (χ0n) is 19.0. The molecule has 0 fully saturated rings. The summed E-state index contributed by atoms with van der Waals surface area (Å²) in [5.41, 5.74) is 15.2. The van der Waals surface area contributed by atoms with Crippen LogP contribution in [-0.4, -0.2) is 0 Å². The van der Waals surface area contributed by atoms with E-state index >= 15 is 0 Å². The first-order chi connectivity index (χ1) is 14.5. The largest absolute Gasteiger partial charge is 0.381 e. The number of aryl methyl sites for hydroxylation is 5. The lowest BCUT2D eigenvalue weighted by atomic mass is 9.98. The van der Waals surface area contributed by atoms with Crippen molar-refractivity contribution in [2.24, 2.45) is 0 Å². The van der Waals surface area contributed by atoms with E-state index in [9.17, 15) is 0 Å². The maximum atomic E-state index is 3.72. The summed E-state index contributed by atoms with van der Waals surface area (Å²) < 4.78 is 0. The number of hydrogen-bond acceptors (Lipinski definition) is 1. The van der Waals surface area contributed by atoms with Crippen LogP contribution in [0.5, 0.6) is 0 Å². The Morgan fingerprint density at radius 3 is 2.23 bits per heavy atom. The smallest absolute Gasteiger partial charge is 0.0400 e. The Labute approximate surface area is 181 Å². The molecule has 30 heavy (non-hydrogen) atoms. The standard InChI is InChI=1S/C29H33N/c1-6-23-9-8-22(12-21(23)5)18-30-29-17-25(11-10-24(29)7-2)28-15-26-13-19(3)20(4)14-27(26)16-28/h8-15,17,30H,6-7,16,18H2,1-5H3. The minimum atomic E-state index is 0.860. The van der Waals surface area contributed by atoms with E-state index in [0.717, 1.165) is 25.8 Å². The maximum Gasteiger partial charge on any atom is 0.0400 e. The first-order valence-corrected chi connectivity index (χ1v) is 11.2. The van der Waals surface area contributed by atoms with Gasteiger partial charge in [0.05, 0.1) is 0 Å². The molecule has 3 aromatic carbocycles. The number of fused-ring (bicyclic) bond motifs is 1. The summed E-state index contributed by atoms with van der Waals surface area (Å²) in [5, 5.41) is 3.72. The summed E-state index contributed by atoms with van der Waals surface area (Å²) in [7, 11) is 0. The van der Waals surface area contributed by atoms with Crippen molar-refractivity contribution >= 4 is 17.3 Å². The highest BCUT2D eigenvalue weighted by molar-refractivity contribution is 5.89. The van der Waals surface area contributed by atoms with Gasteiger partial charge in [0.2, 0.25) is 0 Å². The van der Waals surface area contributed by atoms with Crippen LogP contribution in [0.3, 0.4) is 0 Å². The van der Waals surface area contributed by atoms with Gasteiger partial charge in [-0.25, -0.2) is 0 Å². The number of nitrogens with one attached hydrogen (secondary N) is 1. The molecule has 0 aliphatic heterocycles. The second-order valence-corrected chi connectivity index (χ2v) is 8.68. The van der Waals surface area contributed by atoms with Crippen LogP contribution in [0.1, 0.15) is 63.9 Å². The van der Waals surface area contributed by atoms with Gasteiger partial charge < -0.3 is 5.32 Å². The molecule has 0 radical (unpaired) electrons. The van der Waals surface area contributed by atoms with Crippen LogP contribution >= 0.6 is 0 Å². The molecular formula is C29H33N. The molecule has 0 saturated carbocycles. The summed E-state index contributed by atoms with van der Waals surface area (Å²) >= 11 is 0. The monoisotopic (exact) mass is 395 g/mol. The molecule has 0 bridgehead atoms. The predicted octanol–water partition coefficient (Wildman–Crippen LogP) is 7.45. The lowest BCUT2D eigenvalue weighted by molar-refractivity contribution is 1.06. The fourth-order valence-electron chi connectivity index (χ4n) is 4.53. The Bertz CT molecular complexity index is 1120. The van der Waals surface area contributed by atoms with Crippen molar-refractivity contribution in [1.82, 2.24) is 0 Å². The van der Waals surface area contributed by atoms with Crippen LogP contribution in [0.25, 0.3) is 11.6 Å². The van der Waals surface area contributed by atoms with Crippen molar-refractivity contribution in [2.75, 3.05) is 5.32 Å². The fraction of sp³-hybridized carbons (Fsp3) is 0.310. The van der Waals surface area contributed by atoms with Crippen molar-refractivity contribution in [3.63, 3.8) is 0 Å². The Morgan fingerprint density at radius 1 is 0.767 bits per heavy atom. The highest BCUT2D eigenvalue weighted by Crippen LogP contribution is 2.35. The average molecular weight is 396 g/mol. The second-order valence-electron chi connectivity index (χ2n) is 8.68. The fourth-order valence-corrected chi connectivity index (χ4v) is 4.53. The number of rotatable bonds is 6. The van der Waals surface area contributed by atoms with Gasteiger partial charge in [-0.05, 0) is 102 Å². The summed E-state index contributed by atoms with van der Waals surface area (Å²) in [5.74, 6) is 0. The van der Waals surface area contributed by atoms with Gasteiger partial charge in [-0.1, -0.05) is 62.4 Å². The maximum absolute atomic E-state index is 3.72. The lowest BCUT2D eigenvalue weighted by Crippen LogP contribution is -2.04. The number of benzene rings is 3. The van der Waals surface area contributed by atoms with Crippen LogP contribution in [-0.2, 0) is 25.8 Å². The van der Waals surface area contributed by atoms with Crippen molar-refractivity contribution in [2.45, 2.75) is 60.4 Å². The van der Waals surface area contributed by atoms with E-state index in [1.54, 1.807) is 0 Å². The van der Waals surface area contributed by atoms with Crippen molar-refractivity contribution < 1.29 is 0 Å². The summed E-state index contributed by atoms with van der Waals surface area (Å²) in [6, 6.07) is 18.5. The Morgan fingerprint density at radius 2 is 1.50 bits per heavy atom. The minimum Gasteiger partial charge on any atom is -0.381 e. The molecule has 1 nitrogen and oxygen atoms in total. The van der Waals surface area contributed by atoms with Crippen molar-refractivity contribution in [3.05, 3.63) is 98.6 Å². The first kappa shape index (κ1) is 20.5. The van der Waals surface area contributed by atoms with Gasteiger partial charge in [-0.2, -0.15) is 0 Å². The van der Waals surface area contributed by atoms with E-state index < -0.39 is 0 Å². The summed E-state index contributed by atoms with van der Waals surface area (Å²) in [6.45, 7) is 11.9. The highest BCUT2D eigenvalue weighted by atomic mass is 14.9. The molecule has 3 aromatic rings. The van der Waals surface area contributed by atoms with E-state index in [0.29, 0.717) is 0 Å². The van der Waals surface area contributed by atoms with Gasteiger partial charge in [-0.15, -0.1) is 0 Å². The van der Waals surface area contributed by atoms with Crippen LogP contribution in [0.15, 0.2) is 48.5 Å². The average Bonchev–Trinajstić information content (AvgIpc) is 3.15. The summed E-state index contributed by atoms with van der Waals surface area (Å²) in [4.78, 5) is 0. The Hall–Kier alpha value is -2.80. The van der Waals surface area contributed by atoms with Crippen LogP contribution in [0.4, 0.5) is 5.69 Å². The molecule has 4 rings (SSSR count). The van der Waals surface area contributed by atoms with Crippen LogP contribution in [0, 0.1) is 20.8 Å². The third kappa shape index (κ3) is 4.07. The van der Waals surface area contributed by atoms with E-state index in [1.807, 2.05) is 0 Å². The van der Waals surface area contributed by atoms with Gasteiger partial charge in [0, 0.05) is 12.2 Å². The molecule has 0 amide bonds. The molecular weight excluding hydrogens is 362 g/mol. The molecule has 1 heteroatoms. The molecule has 1 aliphatic rings. The molecule has 0 atom stereocenters. The second kappa shape index (κ2) is 8.52. The van der Waals surface area contributed by atoms with Gasteiger partial charge in [0.1, 0.15) is 0 Å². The van der Waals surface area contributed by atoms with Gasteiger partial charge in [0.15, 0.2) is 0 Å². The molecule has 0 spiro atoms. The number of hydrogen-bond donors (Lipinski definition) is 1. The Kier molecular flexibility index (Phi) is 5.81. The number of anilines is 1. The molecule has 1 aliphatic carbocycles. The molecule has 1 N–H and O–H groups in total. The molecule has 0 heterocycles. The quantitative estimate of drug-likeness (QED) is 0.457. The normalized spacial score (nSPS) is 12.6. The molecule has 0 unspecified atom stereocenters. The van der Waals surface area contributed by atoms with Gasteiger partial charge >= 0.3 is 0 Å².